The Bertz CT molecular complexity index is 459. The van der Waals surface area contributed by atoms with E-state index in [0.29, 0.717) is 10.6 Å². The highest BCUT2D eigenvalue weighted by Crippen LogP contribution is 2.23. The maximum atomic E-state index is 12.0. The number of hydrogen-bond acceptors (Lipinski definition) is 1. The van der Waals surface area contributed by atoms with Crippen molar-refractivity contribution in [3.05, 3.63) is 45.4 Å². The van der Waals surface area contributed by atoms with Crippen LogP contribution < -0.4 is 5.32 Å². The van der Waals surface area contributed by atoms with E-state index in [9.17, 15) is 4.79 Å². The molecule has 0 radical (unpaired) electrons. The van der Waals surface area contributed by atoms with Gasteiger partial charge in [-0.25, -0.2) is 0 Å². The summed E-state index contributed by atoms with van der Waals surface area (Å²) < 4.78 is 0.802. The monoisotopic (exact) mass is 313 g/mol. The highest BCUT2D eigenvalue weighted by Gasteiger charge is 2.14. The second kappa shape index (κ2) is 5.69. The van der Waals surface area contributed by atoms with E-state index in [1.165, 1.54) is 0 Å². The van der Waals surface area contributed by atoms with E-state index in [2.05, 4.69) is 33.4 Å². The Morgan fingerprint density at radius 2 is 2.24 bits per heavy atom. The lowest BCUT2D eigenvalue weighted by Gasteiger charge is -2.19. The van der Waals surface area contributed by atoms with E-state index >= 15 is 0 Å². The number of carbonyl (C=O) groups is 1. The molecule has 0 spiro atoms. The number of allylic oxidation sites excluding steroid dienone is 1. The summed E-state index contributed by atoms with van der Waals surface area (Å²) in [5, 5.41) is 3.57. The van der Waals surface area contributed by atoms with Crippen LogP contribution in [0.3, 0.4) is 0 Å². The third kappa shape index (κ3) is 3.33. The van der Waals surface area contributed by atoms with Crippen molar-refractivity contribution in [2.75, 3.05) is 0 Å². The molecule has 0 aromatic heterocycles. The average Bonchev–Trinajstić information content (AvgIpc) is 2.34. The normalized spacial score (nSPS) is 19.1. The lowest BCUT2D eigenvalue weighted by Crippen LogP contribution is -2.35. The van der Waals surface area contributed by atoms with E-state index in [4.69, 9.17) is 11.6 Å². The Morgan fingerprint density at radius 3 is 2.88 bits per heavy atom. The summed E-state index contributed by atoms with van der Waals surface area (Å²) in [6, 6.07) is 5.48. The second-order valence-electron chi connectivity index (χ2n) is 4.08. The lowest BCUT2D eigenvalue weighted by atomic mass is 10.0. The number of nitrogens with one attached hydrogen (secondary N) is 1. The van der Waals surface area contributed by atoms with Crippen LogP contribution in [0.5, 0.6) is 0 Å². The molecule has 1 atom stereocenters. The van der Waals surface area contributed by atoms with Gasteiger partial charge in [0.1, 0.15) is 0 Å². The minimum Gasteiger partial charge on any atom is -0.349 e. The lowest BCUT2D eigenvalue weighted by molar-refractivity contribution is 0.0934. The van der Waals surface area contributed by atoms with Crippen LogP contribution in [0.25, 0.3) is 0 Å². The summed E-state index contributed by atoms with van der Waals surface area (Å²) in [5.41, 5.74) is 0.604. The zero-order valence-corrected chi connectivity index (χ0v) is 11.6. The minimum absolute atomic E-state index is 0.0558. The molecule has 4 heteroatoms. The molecular weight excluding hydrogens is 302 g/mol. The van der Waals surface area contributed by atoms with E-state index < -0.39 is 0 Å². The predicted octanol–water partition coefficient (Wildman–Crippen LogP) is 3.94. The first kappa shape index (κ1) is 12.7. The van der Waals surface area contributed by atoms with Crippen molar-refractivity contribution in [2.24, 2.45) is 0 Å². The Labute approximate surface area is 114 Å². The molecule has 0 bridgehead atoms. The van der Waals surface area contributed by atoms with Crippen LogP contribution >= 0.6 is 27.5 Å². The van der Waals surface area contributed by atoms with Gasteiger partial charge >= 0.3 is 0 Å². The van der Waals surface area contributed by atoms with Gasteiger partial charge in [-0.1, -0.05) is 23.8 Å². The molecule has 2 nitrogen and oxygen atoms in total. The standard InChI is InChI=1S/C13H13BrClNO/c14-11-7-6-9(8-12(11)15)13(17)16-10-4-2-1-3-5-10/h1-2,6-8,10H,3-5H2,(H,16,17). The quantitative estimate of drug-likeness (QED) is 0.823. The van der Waals surface area contributed by atoms with Gasteiger partial charge in [0, 0.05) is 16.1 Å². The van der Waals surface area contributed by atoms with Gasteiger partial charge in [0.25, 0.3) is 5.91 Å². The SMILES string of the molecule is O=C(NC1CC=CCC1)c1ccc(Br)c(Cl)c1. The van der Waals surface area contributed by atoms with E-state index in [0.717, 1.165) is 23.7 Å². The minimum atomic E-state index is -0.0558. The van der Waals surface area contributed by atoms with Crippen LogP contribution in [0, 0.1) is 0 Å². The van der Waals surface area contributed by atoms with E-state index in [1.54, 1.807) is 18.2 Å². The molecule has 1 unspecified atom stereocenters. The van der Waals surface area contributed by atoms with E-state index in [1.807, 2.05) is 0 Å². The summed E-state index contributed by atoms with van der Waals surface area (Å²) >= 11 is 9.27. The molecule has 1 N–H and O–H groups in total. The number of benzene rings is 1. The van der Waals surface area contributed by atoms with Gasteiger partial charge in [-0.2, -0.15) is 0 Å². The third-order valence-corrected chi connectivity index (χ3v) is 4.02. The number of halogens is 2. The van der Waals surface area contributed by atoms with Crippen molar-refractivity contribution in [1.29, 1.82) is 0 Å². The van der Waals surface area contributed by atoms with Crippen molar-refractivity contribution in [2.45, 2.75) is 25.3 Å². The summed E-state index contributed by atoms with van der Waals surface area (Å²) in [5.74, 6) is -0.0558. The zero-order valence-electron chi connectivity index (χ0n) is 9.25. The molecule has 17 heavy (non-hydrogen) atoms. The van der Waals surface area contributed by atoms with Gasteiger partial charge in [0.05, 0.1) is 5.02 Å². The molecule has 2 rings (SSSR count). The van der Waals surface area contributed by atoms with Crippen LogP contribution in [0.1, 0.15) is 29.6 Å². The average molecular weight is 315 g/mol. The highest BCUT2D eigenvalue weighted by atomic mass is 79.9. The fourth-order valence-corrected chi connectivity index (χ4v) is 2.26. The smallest absolute Gasteiger partial charge is 0.251 e. The number of hydrogen-bond donors (Lipinski definition) is 1. The fourth-order valence-electron chi connectivity index (χ4n) is 1.83. The van der Waals surface area contributed by atoms with Gasteiger partial charge in [-0.15, -0.1) is 0 Å². The summed E-state index contributed by atoms with van der Waals surface area (Å²) in [7, 11) is 0. The Kier molecular flexibility index (Phi) is 4.24. The third-order valence-electron chi connectivity index (χ3n) is 2.79. The molecule has 0 heterocycles. The molecule has 0 aliphatic heterocycles. The van der Waals surface area contributed by atoms with E-state index in [-0.39, 0.29) is 11.9 Å². The van der Waals surface area contributed by atoms with Crippen LogP contribution in [0.2, 0.25) is 5.02 Å². The Hall–Kier alpha value is -0.800. The van der Waals surface area contributed by atoms with Crippen molar-refractivity contribution >= 4 is 33.4 Å². The maximum Gasteiger partial charge on any atom is 0.251 e. The summed E-state index contributed by atoms with van der Waals surface area (Å²) in [4.78, 5) is 12.0. The molecule has 0 fully saturated rings. The topological polar surface area (TPSA) is 29.1 Å². The zero-order chi connectivity index (χ0) is 12.3. The first-order valence-electron chi connectivity index (χ1n) is 5.58. The number of rotatable bonds is 2. The van der Waals surface area contributed by atoms with Gasteiger partial charge in [0.15, 0.2) is 0 Å². The molecule has 90 valence electrons. The van der Waals surface area contributed by atoms with Gasteiger partial charge in [-0.05, 0) is 53.4 Å². The van der Waals surface area contributed by atoms with Gasteiger partial charge in [0.2, 0.25) is 0 Å². The van der Waals surface area contributed by atoms with Crippen molar-refractivity contribution in [3.8, 4) is 0 Å². The Balaban J connectivity index is 2.03. The molecule has 1 amide bonds. The predicted molar refractivity (Wildman–Crippen MR) is 73.4 cm³/mol. The van der Waals surface area contributed by atoms with Crippen LogP contribution in [-0.2, 0) is 0 Å². The van der Waals surface area contributed by atoms with Crippen LogP contribution in [0.4, 0.5) is 0 Å². The fraction of sp³-hybridized carbons (Fsp3) is 0.308. The summed E-state index contributed by atoms with van der Waals surface area (Å²) in [6.07, 6.45) is 7.22. The highest BCUT2D eigenvalue weighted by molar-refractivity contribution is 9.10. The molecule has 0 saturated carbocycles. The first-order valence-corrected chi connectivity index (χ1v) is 6.75. The van der Waals surface area contributed by atoms with Crippen molar-refractivity contribution in [3.63, 3.8) is 0 Å². The maximum absolute atomic E-state index is 12.0. The molecule has 0 saturated heterocycles. The van der Waals surface area contributed by atoms with Crippen LogP contribution in [0.15, 0.2) is 34.8 Å². The molecule has 1 aromatic rings. The number of carbonyl (C=O) groups excluding carboxylic acids is 1. The summed E-state index contributed by atoms with van der Waals surface area (Å²) in [6.45, 7) is 0. The second-order valence-corrected chi connectivity index (χ2v) is 5.35. The number of amides is 1. The van der Waals surface area contributed by atoms with Gasteiger partial charge < -0.3 is 5.32 Å². The van der Waals surface area contributed by atoms with Crippen molar-refractivity contribution < 1.29 is 4.79 Å². The molecule has 1 aliphatic rings. The van der Waals surface area contributed by atoms with Crippen LogP contribution in [-0.4, -0.2) is 11.9 Å². The molecule has 1 aromatic carbocycles. The molecule has 1 aliphatic carbocycles. The van der Waals surface area contributed by atoms with Crippen molar-refractivity contribution in [1.82, 2.24) is 5.32 Å². The molecular formula is C13H13BrClNO. The Morgan fingerprint density at radius 1 is 1.41 bits per heavy atom. The first-order chi connectivity index (χ1) is 8.16. The van der Waals surface area contributed by atoms with Gasteiger partial charge in [-0.3, -0.25) is 4.79 Å². The largest absolute Gasteiger partial charge is 0.349 e.